The Balaban J connectivity index is 1.44. The average Bonchev–Trinajstić information content (AvgIpc) is 3.32. The molecule has 0 spiro atoms. The number of rotatable bonds is 9. The topological polar surface area (TPSA) is 81.9 Å². The van der Waals surface area contributed by atoms with Crippen LogP contribution in [0.15, 0.2) is 36.7 Å². The molecule has 2 aromatic heterocycles. The monoisotopic (exact) mass is 389 g/mol. The average molecular weight is 389 g/mol. The summed E-state index contributed by atoms with van der Waals surface area (Å²) >= 11 is 0.954. The normalized spacial score (nSPS) is 10.7. The molecule has 0 saturated carbocycles. The number of aromatic nitrogens is 4. The molecule has 2 heterocycles. The first kappa shape index (κ1) is 19.0. The molecular weight excluding hydrogens is 369 g/mol. The van der Waals surface area contributed by atoms with Crippen molar-refractivity contribution < 1.29 is 13.9 Å². The molecule has 3 rings (SSSR count). The lowest BCUT2D eigenvalue weighted by Gasteiger charge is -2.08. The van der Waals surface area contributed by atoms with Gasteiger partial charge >= 0.3 is 0 Å². The Kier molecular flexibility index (Phi) is 6.48. The van der Waals surface area contributed by atoms with Crippen LogP contribution in [0.2, 0.25) is 0 Å². The number of hydrogen-bond acceptors (Lipinski definition) is 6. The van der Waals surface area contributed by atoms with E-state index in [4.69, 9.17) is 4.74 Å². The van der Waals surface area contributed by atoms with E-state index in [0.717, 1.165) is 36.9 Å². The van der Waals surface area contributed by atoms with Crippen LogP contribution in [-0.4, -0.2) is 37.4 Å². The highest BCUT2D eigenvalue weighted by molar-refractivity contribution is 6.99. The van der Waals surface area contributed by atoms with Gasteiger partial charge in [-0.2, -0.15) is 4.37 Å². The molecule has 0 bridgehead atoms. The van der Waals surface area contributed by atoms with Crippen molar-refractivity contribution >= 4 is 17.6 Å². The van der Waals surface area contributed by atoms with E-state index < -0.39 is 0 Å². The highest BCUT2D eigenvalue weighted by Gasteiger charge is 2.14. The van der Waals surface area contributed by atoms with Crippen molar-refractivity contribution in [1.82, 2.24) is 23.6 Å². The molecule has 0 radical (unpaired) electrons. The summed E-state index contributed by atoms with van der Waals surface area (Å²) in [6, 6.07) is 6.01. The van der Waals surface area contributed by atoms with Gasteiger partial charge in [-0.15, -0.1) is 4.37 Å². The summed E-state index contributed by atoms with van der Waals surface area (Å²) in [6.45, 7) is 3.22. The van der Waals surface area contributed by atoms with Gasteiger partial charge in [-0.25, -0.2) is 9.37 Å². The Hall–Kier alpha value is -2.81. The van der Waals surface area contributed by atoms with Crippen LogP contribution >= 0.6 is 11.7 Å². The molecular formula is C18H20FN5O2S. The van der Waals surface area contributed by atoms with E-state index in [1.807, 2.05) is 6.20 Å². The third kappa shape index (κ3) is 5.10. The largest absolute Gasteiger partial charge is 0.465 e. The summed E-state index contributed by atoms with van der Waals surface area (Å²) in [4.78, 5) is 16.2. The van der Waals surface area contributed by atoms with E-state index in [-0.39, 0.29) is 24.2 Å². The van der Waals surface area contributed by atoms with Crippen LogP contribution < -0.4 is 10.1 Å². The van der Waals surface area contributed by atoms with Crippen molar-refractivity contribution in [2.24, 2.45) is 0 Å². The van der Waals surface area contributed by atoms with Gasteiger partial charge in [0.1, 0.15) is 17.3 Å². The SMILES string of the molecule is CCc1nccn1CCCNC(=O)COc1nsnc1-c1cccc(F)c1. The predicted octanol–water partition coefficient (Wildman–Crippen LogP) is 2.69. The Bertz CT molecular complexity index is 895. The minimum atomic E-state index is -0.367. The van der Waals surface area contributed by atoms with Gasteiger partial charge in [0, 0.05) is 37.5 Å². The number of hydrogen-bond donors (Lipinski definition) is 1. The zero-order valence-electron chi connectivity index (χ0n) is 14.9. The second kappa shape index (κ2) is 9.22. The zero-order chi connectivity index (χ0) is 19.1. The molecule has 3 aromatic rings. The molecule has 1 amide bonds. The van der Waals surface area contributed by atoms with Crippen molar-refractivity contribution in [2.75, 3.05) is 13.2 Å². The Morgan fingerprint density at radius 1 is 1.37 bits per heavy atom. The first-order valence-corrected chi connectivity index (χ1v) is 9.38. The van der Waals surface area contributed by atoms with E-state index in [1.165, 1.54) is 12.1 Å². The Morgan fingerprint density at radius 2 is 2.26 bits per heavy atom. The van der Waals surface area contributed by atoms with Gasteiger partial charge in [0.2, 0.25) is 0 Å². The van der Waals surface area contributed by atoms with Crippen LogP contribution in [-0.2, 0) is 17.8 Å². The fourth-order valence-corrected chi connectivity index (χ4v) is 3.13. The van der Waals surface area contributed by atoms with Gasteiger partial charge in [0.25, 0.3) is 11.8 Å². The van der Waals surface area contributed by atoms with Crippen LogP contribution in [0.1, 0.15) is 19.2 Å². The number of carbonyl (C=O) groups excluding carboxylic acids is 1. The molecule has 0 aliphatic carbocycles. The molecule has 142 valence electrons. The minimum Gasteiger partial charge on any atom is -0.465 e. The molecule has 0 fully saturated rings. The summed E-state index contributed by atoms with van der Waals surface area (Å²) in [7, 11) is 0. The van der Waals surface area contributed by atoms with Gasteiger partial charge < -0.3 is 14.6 Å². The van der Waals surface area contributed by atoms with Crippen molar-refractivity contribution in [2.45, 2.75) is 26.3 Å². The maximum Gasteiger partial charge on any atom is 0.258 e. The number of carbonyl (C=O) groups is 1. The molecule has 7 nitrogen and oxygen atoms in total. The lowest BCUT2D eigenvalue weighted by Crippen LogP contribution is -2.30. The van der Waals surface area contributed by atoms with Crippen molar-refractivity contribution in [1.29, 1.82) is 0 Å². The fraction of sp³-hybridized carbons (Fsp3) is 0.333. The fourth-order valence-electron chi connectivity index (χ4n) is 2.61. The lowest BCUT2D eigenvalue weighted by atomic mass is 10.1. The van der Waals surface area contributed by atoms with Crippen LogP contribution in [0.4, 0.5) is 4.39 Å². The van der Waals surface area contributed by atoms with Gasteiger partial charge in [-0.3, -0.25) is 4.79 Å². The van der Waals surface area contributed by atoms with Gasteiger partial charge in [-0.05, 0) is 18.6 Å². The standard InChI is InChI=1S/C18H20FN5O2S/c1-2-15-20-8-10-24(15)9-4-7-21-16(25)12-26-18-17(22-27-23-18)13-5-3-6-14(19)11-13/h3,5-6,8,10-11H,2,4,7,9,12H2,1H3,(H,21,25). The Labute approximate surface area is 160 Å². The third-order valence-electron chi connectivity index (χ3n) is 3.91. The predicted molar refractivity (Wildman–Crippen MR) is 100 cm³/mol. The number of aryl methyl sites for hydroxylation is 2. The second-order valence-corrected chi connectivity index (χ2v) is 6.34. The van der Waals surface area contributed by atoms with E-state index >= 15 is 0 Å². The number of nitrogens with zero attached hydrogens (tertiary/aromatic N) is 4. The van der Waals surface area contributed by atoms with Gasteiger partial charge in [-0.1, -0.05) is 19.1 Å². The number of nitrogens with one attached hydrogen (secondary N) is 1. The first-order valence-electron chi connectivity index (χ1n) is 8.65. The number of amides is 1. The van der Waals surface area contributed by atoms with Crippen molar-refractivity contribution in [3.8, 4) is 17.1 Å². The van der Waals surface area contributed by atoms with Crippen LogP contribution in [0, 0.1) is 5.82 Å². The zero-order valence-corrected chi connectivity index (χ0v) is 15.7. The summed E-state index contributed by atoms with van der Waals surface area (Å²) in [5.41, 5.74) is 0.991. The molecule has 0 aliphatic rings. The van der Waals surface area contributed by atoms with Crippen LogP contribution in [0.3, 0.4) is 0 Å². The first-order chi connectivity index (χ1) is 13.2. The summed E-state index contributed by atoms with van der Waals surface area (Å²) in [6.07, 6.45) is 5.39. The van der Waals surface area contributed by atoms with E-state index in [9.17, 15) is 9.18 Å². The molecule has 0 unspecified atom stereocenters. The smallest absolute Gasteiger partial charge is 0.258 e. The van der Waals surface area contributed by atoms with Gasteiger partial charge in [0.05, 0.1) is 11.7 Å². The van der Waals surface area contributed by atoms with Crippen LogP contribution in [0.5, 0.6) is 5.88 Å². The van der Waals surface area contributed by atoms with Gasteiger partial charge in [0.15, 0.2) is 6.61 Å². The Morgan fingerprint density at radius 3 is 3.07 bits per heavy atom. The number of benzene rings is 1. The molecule has 27 heavy (non-hydrogen) atoms. The van der Waals surface area contributed by atoms with Crippen molar-refractivity contribution in [3.05, 3.63) is 48.3 Å². The minimum absolute atomic E-state index is 0.168. The maximum atomic E-state index is 13.4. The number of halogens is 1. The van der Waals surface area contributed by atoms with Crippen molar-refractivity contribution in [3.63, 3.8) is 0 Å². The number of imidazole rings is 1. The van der Waals surface area contributed by atoms with E-state index in [0.29, 0.717) is 17.8 Å². The van der Waals surface area contributed by atoms with E-state index in [1.54, 1.807) is 18.3 Å². The second-order valence-electron chi connectivity index (χ2n) is 5.81. The molecule has 0 atom stereocenters. The number of ether oxygens (including phenoxy) is 1. The molecule has 9 heteroatoms. The van der Waals surface area contributed by atoms with Crippen LogP contribution in [0.25, 0.3) is 11.3 Å². The summed E-state index contributed by atoms with van der Waals surface area (Å²) in [5.74, 6) is 0.653. The summed E-state index contributed by atoms with van der Waals surface area (Å²) < 4.78 is 29.1. The highest BCUT2D eigenvalue weighted by atomic mass is 32.1. The molecule has 1 aromatic carbocycles. The summed E-state index contributed by atoms with van der Waals surface area (Å²) in [5, 5.41) is 2.81. The highest BCUT2D eigenvalue weighted by Crippen LogP contribution is 2.27. The third-order valence-corrected chi connectivity index (χ3v) is 4.42. The molecule has 0 saturated heterocycles. The molecule has 1 N–H and O–H groups in total. The maximum absolute atomic E-state index is 13.4. The molecule has 0 aliphatic heterocycles. The van der Waals surface area contributed by atoms with E-state index in [2.05, 4.69) is 30.5 Å². The lowest BCUT2D eigenvalue weighted by molar-refractivity contribution is -0.123. The quantitative estimate of drug-likeness (QED) is 0.569.